The Morgan fingerprint density at radius 2 is 1.77 bits per heavy atom. The molecule has 0 radical (unpaired) electrons. The van der Waals surface area contributed by atoms with Gasteiger partial charge in [-0.2, -0.15) is 0 Å². The number of aromatic nitrogens is 1. The number of carbonyl (C=O) groups is 2. The summed E-state index contributed by atoms with van der Waals surface area (Å²) in [5.74, 6) is -0.587. The highest BCUT2D eigenvalue weighted by Crippen LogP contribution is 2.28. The van der Waals surface area contributed by atoms with Gasteiger partial charge >= 0.3 is 0 Å². The molecule has 2 aromatic carbocycles. The molecule has 30 heavy (non-hydrogen) atoms. The Morgan fingerprint density at radius 1 is 1.03 bits per heavy atom. The van der Waals surface area contributed by atoms with Crippen molar-refractivity contribution in [2.75, 3.05) is 31.1 Å². The van der Waals surface area contributed by atoms with E-state index in [2.05, 4.69) is 10.3 Å². The third-order valence-corrected chi connectivity index (χ3v) is 5.77. The molecule has 0 unspecified atom stereocenters. The molecule has 3 rings (SSSR count). The third-order valence-electron chi connectivity index (χ3n) is 4.71. The maximum atomic E-state index is 13.0. The number of nitrogens with one attached hydrogen (secondary N) is 1. The molecule has 0 aliphatic rings. The molecule has 3 aromatic rings. The van der Waals surface area contributed by atoms with Gasteiger partial charge in [-0.1, -0.05) is 42.5 Å². The van der Waals surface area contributed by atoms with E-state index in [9.17, 15) is 14.0 Å². The van der Waals surface area contributed by atoms with Crippen LogP contribution in [0.1, 0.15) is 19.4 Å². The summed E-state index contributed by atoms with van der Waals surface area (Å²) in [5.41, 5.74) is 1.69. The maximum absolute atomic E-state index is 13.0. The fourth-order valence-corrected chi connectivity index (χ4v) is 4.06. The smallest absolute Gasteiger partial charge is 0.242 e. The zero-order valence-electron chi connectivity index (χ0n) is 17.1. The minimum atomic E-state index is -0.311. The summed E-state index contributed by atoms with van der Waals surface area (Å²) in [5, 5.41) is 3.48. The first-order valence-electron chi connectivity index (χ1n) is 9.89. The zero-order valence-corrected chi connectivity index (χ0v) is 17.9. The second-order valence-corrected chi connectivity index (χ2v) is 7.82. The average Bonchev–Trinajstić information content (AvgIpc) is 3.17. The van der Waals surface area contributed by atoms with Crippen LogP contribution in [0, 0.1) is 5.82 Å². The number of nitrogens with zero attached hydrogens (tertiary/aromatic N) is 3. The van der Waals surface area contributed by atoms with E-state index in [1.165, 1.54) is 23.5 Å². The second kappa shape index (κ2) is 10.3. The quantitative estimate of drug-likeness (QED) is 0.567. The average molecular weight is 429 g/mol. The van der Waals surface area contributed by atoms with Crippen molar-refractivity contribution in [3.63, 3.8) is 0 Å². The summed E-state index contributed by atoms with van der Waals surface area (Å²) in [6, 6.07) is 13.8. The van der Waals surface area contributed by atoms with Crippen molar-refractivity contribution in [2.45, 2.75) is 20.4 Å². The molecule has 0 bridgehead atoms. The number of carbonyl (C=O) groups excluding carboxylic acids is 2. The fourth-order valence-electron chi connectivity index (χ4n) is 3.01. The Bertz CT molecular complexity index is 973. The lowest BCUT2D eigenvalue weighted by Crippen LogP contribution is -2.44. The molecule has 0 aliphatic heterocycles. The SMILES string of the molecule is CCN(CC(=O)NCc1ccc(F)cc1)CC(=O)N(CC)c1nc2ccccc2s1. The molecule has 1 heterocycles. The highest BCUT2D eigenvalue weighted by atomic mass is 32.1. The van der Waals surface area contributed by atoms with Gasteiger partial charge in [0, 0.05) is 13.1 Å². The van der Waals surface area contributed by atoms with Gasteiger partial charge in [0.15, 0.2) is 5.13 Å². The van der Waals surface area contributed by atoms with Crippen LogP contribution in [0.2, 0.25) is 0 Å². The summed E-state index contributed by atoms with van der Waals surface area (Å²) in [4.78, 5) is 33.2. The summed E-state index contributed by atoms with van der Waals surface area (Å²) in [6.45, 7) is 5.45. The number of rotatable bonds is 9. The first kappa shape index (κ1) is 21.9. The largest absolute Gasteiger partial charge is 0.351 e. The second-order valence-electron chi connectivity index (χ2n) is 6.81. The first-order chi connectivity index (χ1) is 14.5. The number of hydrogen-bond acceptors (Lipinski definition) is 5. The van der Waals surface area contributed by atoms with E-state index in [0.29, 0.717) is 24.8 Å². The lowest BCUT2D eigenvalue weighted by Gasteiger charge is -2.24. The normalized spacial score (nSPS) is 11.1. The Labute approximate surface area is 179 Å². The molecule has 0 saturated carbocycles. The number of halogens is 1. The van der Waals surface area contributed by atoms with E-state index in [1.807, 2.05) is 38.1 Å². The molecule has 8 heteroatoms. The molecule has 1 aromatic heterocycles. The molecule has 158 valence electrons. The first-order valence-corrected chi connectivity index (χ1v) is 10.7. The van der Waals surface area contributed by atoms with E-state index in [1.54, 1.807) is 21.9 Å². The summed E-state index contributed by atoms with van der Waals surface area (Å²) in [6.07, 6.45) is 0. The zero-order chi connectivity index (χ0) is 21.5. The molecule has 0 atom stereocenters. The van der Waals surface area contributed by atoms with Crippen LogP contribution in [0.25, 0.3) is 10.2 Å². The molecule has 0 saturated heterocycles. The highest BCUT2D eigenvalue weighted by molar-refractivity contribution is 7.22. The maximum Gasteiger partial charge on any atom is 0.242 e. The van der Waals surface area contributed by atoms with Gasteiger partial charge in [0.05, 0.1) is 23.3 Å². The van der Waals surface area contributed by atoms with Crippen LogP contribution in [0.4, 0.5) is 9.52 Å². The molecule has 0 fully saturated rings. The molecule has 0 spiro atoms. The van der Waals surface area contributed by atoms with Crippen molar-refractivity contribution in [1.82, 2.24) is 15.2 Å². The van der Waals surface area contributed by atoms with E-state index in [-0.39, 0.29) is 30.7 Å². The monoisotopic (exact) mass is 428 g/mol. The van der Waals surface area contributed by atoms with Crippen molar-refractivity contribution in [2.24, 2.45) is 0 Å². The lowest BCUT2D eigenvalue weighted by atomic mass is 10.2. The van der Waals surface area contributed by atoms with Crippen molar-refractivity contribution in [1.29, 1.82) is 0 Å². The topological polar surface area (TPSA) is 65.5 Å². The minimum absolute atomic E-state index is 0.0928. The van der Waals surface area contributed by atoms with Crippen LogP contribution >= 0.6 is 11.3 Å². The predicted molar refractivity (Wildman–Crippen MR) is 118 cm³/mol. The number of anilines is 1. The van der Waals surface area contributed by atoms with Gasteiger partial charge in [0.25, 0.3) is 0 Å². The van der Waals surface area contributed by atoms with Gasteiger partial charge < -0.3 is 5.32 Å². The van der Waals surface area contributed by atoms with Crippen molar-refractivity contribution >= 4 is 38.5 Å². The van der Waals surface area contributed by atoms with E-state index < -0.39 is 0 Å². The molecule has 1 N–H and O–H groups in total. The molecule has 6 nitrogen and oxygen atoms in total. The van der Waals surface area contributed by atoms with Gasteiger partial charge in [-0.25, -0.2) is 9.37 Å². The minimum Gasteiger partial charge on any atom is -0.351 e. The van der Waals surface area contributed by atoms with Gasteiger partial charge in [-0.3, -0.25) is 19.4 Å². The predicted octanol–water partition coefficient (Wildman–Crippen LogP) is 3.43. The number of para-hydroxylation sites is 1. The number of thiazole rings is 1. The highest BCUT2D eigenvalue weighted by Gasteiger charge is 2.21. The van der Waals surface area contributed by atoms with Crippen LogP contribution in [0.5, 0.6) is 0 Å². The number of benzene rings is 2. The van der Waals surface area contributed by atoms with Crippen LogP contribution in [-0.4, -0.2) is 47.9 Å². The molecular formula is C22H25FN4O2S. The number of amides is 2. The lowest BCUT2D eigenvalue weighted by molar-refractivity contribution is -0.124. The van der Waals surface area contributed by atoms with Gasteiger partial charge in [0.1, 0.15) is 5.82 Å². The number of likely N-dealkylation sites (N-methyl/N-ethyl adjacent to an activating group) is 2. The molecular weight excluding hydrogens is 403 g/mol. The summed E-state index contributed by atoms with van der Waals surface area (Å²) >= 11 is 1.48. The van der Waals surface area contributed by atoms with Crippen molar-refractivity contribution < 1.29 is 14.0 Å². The standard InChI is InChI=1S/C22H25FN4O2S/c1-3-26(14-20(28)24-13-16-9-11-17(23)12-10-16)15-21(29)27(4-2)22-25-18-7-5-6-8-19(18)30-22/h5-12H,3-4,13-15H2,1-2H3,(H,24,28). The van der Waals surface area contributed by atoms with Gasteiger partial charge in [-0.05, 0) is 43.3 Å². The van der Waals surface area contributed by atoms with Crippen LogP contribution < -0.4 is 10.2 Å². The molecule has 2 amide bonds. The molecule has 0 aliphatic carbocycles. The number of hydrogen-bond donors (Lipinski definition) is 1. The third kappa shape index (κ3) is 5.61. The van der Waals surface area contributed by atoms with Gasteiger partial charge in [-0.15, -0.1) is 0 Å². The van der Waals surface area contributed by atoms with Crippen molar-refractivity contribution in [3.8, 4) is 0 Å². The fraction of sp³-hybridized carbons (Fsp3) is 0.318. The Kier molecular flexibility index (Phi) is 7.48. The van der Waals surface area contributed by atoms with E-state index >= 15 is 0 Å². The number of fused-ring (bicyclic) bond motifs is 1. The van der Waals surface area contributed by atoms with E-state index in [0.717, 1.165) is 15.8 Å². The van der Waals surface area contributed by atoms with Gasteiger partial charge in [0.2, 0.25) is 11.8 Å². The van der Waals surface area contributed by atoms with Crippen LogP contribution in [0.3, 0.4) is 0 Å². The van der Waals surface area contributed by atoms with E-state index in [4.69, 9.17) is 0 Å². The summed E-state index contributed by atoms with van der Waals surface area (Å²) < 4.78 is 14.0. The Balaban J connectivity index is 1.57. The Morgan fingerprint density at radius 3 is 2.43 bits per heavy atom. The summed E-state index contributed by atoms with van der Waals surface area (Å²) in [7, 11) is 0. The van der Waals surface area contributed by atoms with Crippen molar-refractivity contribution in [3.05, 3.63) is 59.9 Å². The van der Waals surface area contributed by atoms with Crippen LogP contribution in [0.15, 0.2) is 48.5 Å². The Hall–Kier alpha value is -2.84. The van der Waals surface area contributed by atoms with Crippen LogP contribution in [-0.2, 0) is 16.1 Å².